The highest BCUT2D eigenvalue weighted by Crippen LogP contribution is 2.17. The number of nitrogens with one attached hydrogen (secondary N) is 1. The van der Waals surface area contributed by atoms with Gasteiger partial charge < -0.3 is 10.4 Å². The Kier molecular flexibility index (Phi) is 3.16. The Morgan fingerprint density at radius 1 is 1.40 bits per heavy atom. The summed E-state index contributed by atoms with van der Waals surface area (Å²) in [5, 5.41) is 12.7. The predicted molar refractivity (Wildman–Crippen MR) is 41.9 cm³/mol. The molecule has 10 heavy (non-hydrogen) atoms. The maximum absolute atomic E-state index is 9.44. The Morgan fingerprint density at radius 2 is 2.10 bits per heavy atom. The van der Waals surface area contributed by atoms with E-state index in [0.717, 1.165) is 19.4 Å². The summed E-state index contributed by atoms with van der Waals surface area (Å²) in [6.07, 6.45) is 4.51. The van der Waals surface area contributed by atoms with Gasteiger partial charge in [-0.2, -0.15) is 0 Å². The van der Waals surface area contributed by atoms with Crippen LogP contribution in [-0.2, 0) is 0 Å². The second-order valence-corrected chi connectivity index (χ2v) is 3.02. The molecule has 1 rings (SSSR count). The number of likely N-dealkylation sites (N-methyl/N-ethyl adjacent to an activating group) is 1. The van der Waals surface area contributed by atoms with Crippen LogP contribution in [0.4, 0.5) is 0 Å². The van der Waals surface area contributed by atoms with Crippen molar-refractivity contribution >= 4 is 0 Å². The molecule has 2 atom stereocenters. The summed E-state index contributed by atoms with van der Waals surface area (Å²) in [6, 6.07) is 0.374. The molecule has 0 saturated heterocycles. The van der Waals surface area contributed by atoms with Crippen molar-refractivity contribution in [2.45, 2.75) is 44.8 Å². The van der Waals surface area contributed by atoms with Crippen molar-refractivity contribution in [3.63, 3.8) is 0 Å². The molecule has 0 heterocycles. The number of rotatable bonds is 2. The zero-order chi connectivity index (χ0) is 7.40. The van der Waals surface area contributed by atoms with Gasteiger partial charge in [0, 0.05) is 6.04 Å². The van der Waals surface area contributed by atoms with Gasteiger partial charge in [0.2, 0.25) is 0 Å². The van der Waals surface area contributed by atoms with Gasteiger partial charge in [-0.15, -0.1) is 0 Å². The van der Waals surface area contributed by atoms with Crippen molar-refractivity contribution in [1.29, 1.82) is 0 Å². The first-order chi connectivity index (χ1) is 4.84. The van der Waals surface area contributed by atoms with E-state index in [0.29, 0.717) is 6.04 Å². The van der Waals surface area contributed by atoms with Crippen LogP contribution in [-0.4, -0.2) is 23.8 Å². The molecule has 2 N–H and O–H groups in total. The second-order valence-electron chi connectivity index (χ2n) is 3.02. The Labute approximate surface area is 62.6 Å². The number of aliphatic hydroxyl groups excluding tert-OH is 1. The fourth-order valence-corrected chi connectivity index (χ4v) is 1.61. The molecular formula is C8H17NO. The molecule has 0 unspecified atom stereocenters. The van der Waals surface area contributed by atoms with Gasteiger partial charge in [-0.25, -0.2) is 0 Å². The topological polar surface area (TPSA) is 32.3 Å². The van der Waals surface area contributed by atoms with Gasteiger partial charge in [0.1, 0.15) is 0 Å². The number of aliphatic hydroxyl groups is 1. The Bertz CT molecular complexity index is 93.3. The summed E-state index contributed by atoms with van der Waals surface area (Å²) in [4.78, 5) is 0. The fourth-order valence-electron chi connectivity index (χ4n) is 1.61. The number of hydrogen-bond donors (Lipinski definition) is 2. The van der Waals surface area contributed by atoms with Crippen molar-refractivity contribution < 1.29 is 5.11 Å². The molecule has 1 fully saturated rings. The summed E-state index contributed by atoms with van der Waals surface area (Å²) in [5.74, 6) is 0. The van der Waals surface area contributed by atoms with E-state index in [1.165, 1.54) is 12.8 Å². The third-order valence-corrected chi connectivity index (χ3v) is 2.20. The van der Waals surface area contributed by atoms with Crippen LogP contribution >= 0.6 is 0 Å². The molecule has 2 nitrogen and oxygen atoms in total. The maximum atomic E-state index is 9.44. The second kappa shape index (κ2) is 3.94. The summed E-state index contributed by atoms with van der Waals surface area (Å²) in [6.45, 7) is 3.06. The Morgan fingerprint density at radius 3 is 2.70 bits per heavy atom. The van der Waals surface area contributed by atoms with Crippen LogP contribution in [0.5, 0.6) is 0 Å². The first-order valence-corrected chi connectivity index (χ1v) is 4.26. The smallest absolute Gasteiger partial charge is 0.0693 e. The highest BCUT2D eigenvalue weighted by molar-refractivity contribution is 4.79. The highest BCUT2D eigenvalue weighted by Gasteiger charge is 2.21. The molecule has 0 radical (unpaired) electrons. The van der Waals surface area contributed by atoms with E-state index in [4.69, 9.17) is 0 Å². The lowest BCUT2D eigenvalue weighted by atomic mass is 9.93. The van der Waals surface area contributed by atoms with Crippen molar-refractivity contribution in [3.8, 4) is 0 Å². The maximum Gasteiger partial charge on any atom is 0.0693 e. The lowest BCUT2D eigenvalue weighted by Gasteiger charge is -2.27. The minimum atomic E-state index is -0.0892. The standard InChI is InChI=1S/C8H17NO/c1-2-9-7-5-3-4-6-8(7)10/h7-10H,2-6H2,1H3/t7-,8-/m1/s1. The van der Waals surface area contributed by atoms with E-state index in [1.54, 1.807) is 0 Å². The van der Waals surface area contributed by atoms with Crippen LogP contribution in [0.2, 0.25) is 0 Å². The van der Waals surface area contributed by atoms with Crippen LogP contribution < -0.4 is 5.32 Å². The van der Waals surface area contributed by atoms with Crippen LogP contribution in [0.3, 0.4) is 0 Å². The quantitative estimate of drug-likeness (QED) is 0.602. The molecule has 1 saturated carbocycles. The SMILES string of the molecule is CCN[C@@H]1CCCC[C@H]1O. The lowest BCUT2D eigenvalue weighted by Crippen LogP contribution is -2.41. The van der Waals surface area contributed by atoms with E-state index in [9.17, 15) is 5.11 Å². The van der Waals surface area contributed by atoms with Crippen LogP contribution in [0, 0.1) is 0 Å². The Balaban J connectivity index is 2.25. The van der Waals surface area contributed by atoms with Crippen LogP contribution in [0.15, 0.2) is 0 Å². The normalized spacial score (nSPS) is 34.2. The number of hydrogen-bond acceptors (Lipinski definition) is 2. The van der Waals surface area contributed by atoms with Gasteiger partial charge in [-0.3, -0.25) is 0 Å². The minimum absolute atomic E-state index is 0.0892. The molecule has 1 aliphatic rings. The van der Waals surface area contributed by atoms with Gasteiger partial charge >= 0.3 is 0 Å². The third-order valence-electron chi connectivity index (χ3n) is 2.20. The summed E-state index contributed by atoms with van der Waals surface area (Å²) < 4.78 is 0. The van der Waals surface area contributed by atoms with E-state index in [-0.39, 0.29) is 6.10 Å². The zero-order valence-corrected chi connectivity index (χ0v) is 6.64. The van der Waals surface area contributed by atoms with E-state index in [2.05, 4.69) is 12.2 Å². The lowest BCUT2D eigenvalue weighted by molar-refractivity contribution is 0.0920. The van der Waals surface area contributed by atoms with Crippen molar-refractivity contribution in [2.24, 2.45) is 0 Å². The molecular weight excluding hydrogens is 126 g/mol. The average Bonchev–Trinajstić information content (AvgIpc) is 1.94. The van der Waals surface area contributed by atoms with E-state index >= 15 is 0 Å². The van der Waals surface area contributed by atoms with Crippen molar-refractivity contribution in [2.75, 3.05) is 6.54 Å². The summed E-state index contributed by atoms with van der Waals surface area (Å²) >= 11 is 0. The van der Waals surface area contributed by atoms with Crippen LogP contribution in [0.1, 0.15) is 32.6 Å². The first kappa shape index (κ1) is 8.02. The molecule has 0 spiro atoms. The van der Waals surface area contributed by atoms with Gasteiger partial charge in [-0.05, 0) is 19.4 Å². The fraction of sp³-hybridized carbons (Fsp3) is 1.00. The molecule has 60 valence electrons. The van der Waals surface area contributed by atoms with Gasteiger partial charge in [0.15, 0.2) is 0 Å². The largest absolute Gasteiger partial charge is 0.392 e. The van der Waals surface area contributed by atoms with E-state index < -0.39 is 0 Å². The van der Waals surface area contributed by atoms with Crippen LogP contribution in [0.25, 0.3) is 0 Å². The molecule has 2 heteroatoms. The molecule has 0 aliphatic heterocycles. The Hall–Kier alpha value is -0.0800. The van der Waals surface area contributed by atoms with Gasteiger partial charge in [0.25, 0.3) is 0 Å². The summed E-state index contributed by atoms with van der Waals surface area (Å²) in [7, 11) is 0. The molecule has 0 amide bonds. The third kappa shape index (κ3) is 1.96. The van der Waals surface area contributed by atoms with Crippen molar-refractivity contribution in [3.05, 3.63) is 0 Å². The molecule has 0 aromatic heterocycles. The van der Waals surface area contributed by atoms with Gasteiger partial charge in [0.05, 0.1) is 6.10 Å². The highest BCUT2D eigenvalue weighted by atomic mass is 16.3. The minimum Gasteiger partial charge on any atom is -0.392 e. The first-order valence-electron chi connectivity index (χ1n) is 4.26. The molecule has 1 aliphatic carbocycles. The zero-order valence-electron chi connectivity index (χ0n) is 6.64. The van der Waals surface area contributed by atoms with Crippen molar-refractivity contribution in [1.82, 2.24) is 5.32 Å². The molecule has 0 aromatic rings. The molecule has 0 bridgehead atoms. The summed E-state index contributed by atoms with van der Waals surface area (Å²) in [5.41, 5.74) is 0. The van der Waals surface area contributed by atoms with Gasteiger partial charge in [-0.1, -0.05) is 19.8 Å². The molecule has 0 aromatic carbocycles. The average molecular weight is 143 g/mol. The predicted octanol–water partition coefficient (Wildman–Crippen LogP) is 0.899. The monoisotopic (exact) mass is 143 g/mol. The van der Waals surface area contributed by atoms with E-state index in [1.807, 2.05) is 0 Å².